The molecular weight excluding hydrogens is 708 g/mol. The number of nitrogens with one attached hydrogen (secondary N) is 1. The van der Waals surface area contributed by atoms with Crippen LogP contribution in [-0.2, 0) is 18.9 Å². The Morgan fingerprint density at radius 1 is 0.943 bits per heavy atom. The minimum atomic E-state index is -5.08. The molecule has 7 rings (SSSR count). The number of aromatic nitrogens is 1. The second-order valence-corrected chi connectivity index (χ2v) is 16.0. The summed E-state index contributed by atoms with van der Waals surface area (Å²) in [7, 11) is -5.08. The first-order valence-corrected chi connectivity index (χ1v) is 19.3. The lowest BCUT2D eigenvalue weighted by molar-refractivity contribution is -0.154. The van der Waals surface area contributed by atoms with Crippen LogP contribution in [0.1, 0.15) is 71.0 Å². The van der Waals surface area contributed by atoms with Crippen LogP contribution in [0.3, 0.4) is 0 Å². The van der Waals surface area contributed by atoms with E-state index < -0.39 is 43.3 Å². The number of benzene rings is 3. The molecule has 3 fully saturated rings. The van der Waals surface area contributed by atoms with Crippen LogP contribution >= 0.6 is 7.60 Å². The highest BCUT2D eigenvalue weighted by atomic mass is 31.2. The van der Waals surface area contributed by atoms with E-state index in [1.165, 1.54) is 35.2 Å². The van der Waals surface area contributed by atoms with Crippen molar-refractivity contribution in [3.8, 4) is 0 Å². The van der Waals surface area contributed by atoms with Crippen LogP contribution in [0.15, 0.2) is 59.1 Å². The van der Waals surface area contributed by atoms with E-state index in [1.807, 2.05) is 26.8 Å². The summed E-state index contributed by atoms with van der Waals surface area (Å²) in [6.45, 7) is 6.45. The first-order valence-electron chi connectivity index (χ1n) is 17.6. The molecule has 3 saturated heterocycles. The number of halogens is 1. The number of carbonyl (C=O) groups is 4. The van der Waals surface area contributed by atoms with Crippen LogP contribution in [0.25, 0.3) is 21.7 Å². The van der Waals surface area contributed by atoms with Gasteiger partial charge in [0.05, 0.1) is 24.1 Å². The van der Waals surface area contributed by atoms with Crippen LogP contribution in [0.4, 0.5) is 4.39 Å². The lowest BCUT2D eigenvalue weighted by atomic mass is 10.0. The van der Waals surface area contributed by atoms with Gasteiger partial charge in [-0.25, -0.2) is 4.39 Å². The first kappa shape index (κ1) is 36.7. The third-order valence-electron chi connectivity index (χ3n) is 10.3. The molecule has 0 aliphatic carbocycles. The molecule has 0 spiro atoms. The summed E-state index contributed by atoms with van der Waals surface area (Å²) in [5.41, 5.74) is 1.26. The van der Waals surface area contributed by atoms with E-state index >= 15 is 0 Å². The fraction of sp³-hybridized carbons (Fsp3) is 0.432. The van der Waals surface area contributed by atoms with Gasteiger partial charge in [-0.3, -0.25) is 23.7 Å². The third-order valence-corrected chi connectivity index (χ3v) is 11.2. The molecule has 0 saturated carbocycles. The molecule has 4 amide bonds. The number of carbonyl (C=O) groups excluding carboxylic acids is 4. The molecule has 0 radical (unpaired) electrons. The molecule has 4 aromatic rings. The molecule has 280 valence electrons. The van der Waals surface area contributed by atoms with Crippen LogP contribution < -0.4 is 5.32 Å². The van der Waals surface area contributed by atoms with E-state index in [1.54, 1.807) is 28.0 Å². The normalized spacial score (nSPS) is 24.5. The van der Waals surface area contributed by atoms with Gasteiger partial charge in [0.2, 0.25) is 17.7 Å². The van der Waals surface area contributed by atoms with Gasteiger partial charge in [0.15, 0.2) is 11.3 Å². The molecule has 6 atom stereocenters. The summed E-state index contributed by atoms with van der Waals surface area (Å²) in [6, 6.07) is 11.5. The Balaban J connectivity index is 1.20. The number of hydrogen-bond donors (Lipinski definition) is 3. The van der Waals surface area contributed by atoms with Crippen molar-refractivity contribution in [3.63, 3.8) is 0 Å². The van der Waals surface area contributed by atoms with Gasteiger partial charge in [0.1, 0.15) is 12.1 Å². The van der Waals surface area contributed by atoms with Crippen molar-refractivity contribution >= 4 is 53.0 Å². The van der Waals surface area contributed by atoms with E-state index in [4.69, 9.17) is 9.26 Å². The van der Waals surface area contributed by atoms with Crippen LogP contribution in [0, 0.1) is 6.92 Å². The number of rotatable bonds is 6. The molecule has 53 heavy (non-hydrogen) atoms. The van der Waals surface area contributed by atoms with E-state index in [2.05, 4.69) is 10.5 Å². The fourth-order valence-electron chi connectivity index (χ4n) is 7.82. The van der Waals surface area contributed by atoms with Crippen molar-refractivity contribution in [3.05, 3.63) is 77.0 Å². The molecule has 3 N–H and O–H groups in total. The Morgan fingerprint density at radius 2 is 1.68 bits per heavy atom. The van der Waals surface area contributed by atoms with E-state index in [0.29, 0.717) is 54.1 Å². The Kier molecular flexibility index (Phi) is 9.87. The van der Waals surface area contributed by atoms with Gasteiger partial charge in [-0.1, -0.05) is 35.0 Å². The number of alkyl halides is 1. The number of nitrogens with zero attached hydrogens (tertiary/aromatic N) is 4. The Morgan fingerprint density at radius 3 is 2.42 bits per heavy atom. The van der Waals surface area contributed by atoms with Gasteiger partial charge in [-0.05, 0) is 86.7 Å². The quantitative estimate of drug-likeness (QED) is 0.243. The number of hydrogen-bond acceptors (Lipinski definition) is 8. The van der Waals surface area contributed by atoms with E-state index in [9.17, 15) is 37.9 Å². The largest absolute Gasteiger partial charge is 0.372 e. The predicted molar refractivity (Wildman–Crippen MR) is 191 cm³/mol. The molecule has 14 nitrogen and oxygen atoms in total. The van der Waals surface area contributed by atoms with Crippen molar-refractivity contribution in [2.45, 2.75) is 76.3 Å². The minimum Gasteiger partial charge on any atom is -0.372 e. The monoisotopic (exact) mass is 749 g/mol. The van der Waals surface area contributed by atoms with Crippen molar-refractivity contribution in [2.75, 3.05) is 26.2 Å². The predicted octanol–water partition coefficient (Wildman–Crippen LogP) is 4.08. The zero-order chi connectivity index (χ0) is 37.8. The zero-order valence-electron chi connectivity index (χ0n) is 29.5. The molecule has 1 aromatic heterocycles. The summed E-state index contributed by atoms with van der Waals surface area (Å²) in [5.74, 6) is -4.37. The zero-order valence-corrected chi connectivity index (χ0v) is 30.4. The van der Waals surface area contributed by atoms with Crippen LogP contribution in [-0.4, -0.2) is 110 Å². The summed E-state index contributed by atoms with van der Waals surface area (Å²) in [5, 5.41) is 8.33. The average Bonchev–Trinajstić information content (AvgIpc) is 3.73. The van der Waals surface area contributed by atoms with Gasteiger partial charge >= 0.3 is 7.60 Å². The third kappa shape index (κ3) is 7.30. The highest BCUT2D eigenvalue weighted by Gasteiger charge is 2.47. The van der Waals surface area contributed by atoms with Gasteiger partial charge in [-0.2, -0.15) is 0 Å². The molecule has 1 unspecified atom stereocenters. The highest BCUT2D eigenvalue weighted by molar-refractivity contribution is 7.51. The van der Waals surface area contributed by atoms with E-state index in [0.717, 1.165) is 5.56 Å². The van der Waals surface area contributed by atoms with Gasteiger partial charge < -0.3 is 39.1 Å². The SMILES string of the molecule is Cc1ccc2onc(C(=O)N3CC[C@H]4CC[C@@H](C(=O)N5C[C@@H](C)O[C@@H](C)C5)N4C(=O)[C@@H](NC(=O)c4ccc5ccc(C(F)P(=O)(O)O)cc5c4)C3)c2c1. The number of ether oxygens (including phenoxy) is 1. The second kappa shape index (κ2) is 14.3. The Bertz CT molecular complexity index is 2150. The maximum atomic E-state index is 14.6. The Hall–Kier alpha value is -4.69. The van der Waals surface area contributed by atoms with Crippen molar-refractivity contribution < 1.29 is 47.2 Å². The standard InChI is InChI=1S/C37H41FN5O9P/c1-20-4-11-31-28(14-20)32(40-52-31)37(47)41-13-12-27-9-10-30(36(46)42-17-21(2)51-22(3)18-42)43(27)35(45)29(19-41)39-34(44)25-8-6-23-5-7-24(15-26(23)16-25)33(38)53(48,49)50/h4-8,11,14-16,21-22,27,29-30,33H,9-10,12-13,17-19H2,1-3H3,(H,39,44)(H2,48,49,50)/t21-,22+,27-,29+,30+,33?/m1/s1. The van der Waals surface area contributed by atoms with Gasteiger partial charge in [0.25, 0.3) is 11.8 Å². The average molecular weight is 750 g/mol. The van der Waals surface area contributed by atoms with Crippen LogP contribution in [0.2, 0.25) is 0 Å². The van der Waals surface area contributed by atoms with Gasteiger partial charge in [0, 0.05) is 31.2 Å². The second-order valence-electron chi connectivity index (χ2n) is 14.3. The first-order chi connectivity index (χ1) is 25.2. The minimum absolute atomic E-state index is 0.0838. The summed E-state index contributed by atoms with van der Waals surface area (Å²) in [4.78, 5) is 80.2. The summed E-state index contributed by atoms with van der Waals surface area (Å²) >= 11 is 0. The lowest BCUT2D eigenvalue weighted by Crippen LogP contribution is -2.62. The molecular formula is C37H41FN5O9P. The molecule has 3 aliphatic rings. The molecule has 16 heteroatoms. The fourth-order valence-corrected chi connectivity index (χ4v) is 8.37. The summed E-state index contributed by atoms with van der Waals surface area (Å²) < 4.78 is 37.4. The van der Waals surface area contributed by atoms with Gasteiger partial charge in [-0.15, -0.1) is 0 Å². The Labute approximate surface area is 304 Å². The topological polar surface area (TPSA) is 183 Å². The number of morpholine rings is 1. The number of amides is 4. The van der Waals surface area contributed by atoms with E-state index in [-0.39, 0.29) is 54.1 Å². The van der Waals surface area contributed by atoms with Crippen molar-refractivity contribution in [1.82, 2.24) is 25.2 Å². The smallest absolute Gasteiger partial charge is 0.363 e. The molecule has 4 heterocycles. The maximum absolute atomic E-state index is 14.6. The maximum Gasteiger partial charge on any atom is 0.363 e. The lowest BCUT2D eigenvalue weighted by Gasteiger charge is -2.41. The number of fused-ring (bicyclic) bond motifs is 3. The molecule has 3 aromatic carbocycles. The van der Waals surface area contributed by atoms with Crippen molar-refractivity contribution in [1.29, 1.82) is 0 Å². The molecule has 3 aliphatic heterocycles. The van der Waals surface area contributed by atoms with Crippen LogP contribution in [0.5, 0.6) is 0 Å². The highest BCUT2D eigenvalue weighted by Crippen LogP contribution is 2.53. The number of aryl methyl sites for hydroxylation is 1. The summed E-state index contributed by atoms with van der Waals surface area (Å²) in [6.07, 6.45) is 1.02. The molecule has 0 bridgehead atoms. The van der Waals surface area contributed by atoms with Crippen molar-refractivity contribution in [2.24, 2.45) is 0 Å².